The maximum absolute atomic E-state index is 13.4. The van der Waals surface area contributed by atoms with Crippen LogP contribution in [0.5, 0.6) is 0 Å². The molecule has 1 amide bonds. The molecule has 1 aromatic rings. The van der Waals surface area contributed by atoms with Gasteiger partial charge in [0.2, 0.25) is 11.0 Å². The molecule has 5 nitrogen and oxygen atoms in total. The zero-order valence-corrected chi connectivity index (χ0v) is 17.7. The van der Waals surface area contributed by atoms with E-state index < -0.39 is 29.1 Å². The van der Waals surface area contributed by atoms with Crippen molar-refractivity contribution in [2.75, 3.05) is 0 Å². The Labute approximate surface area is 180 Å². The quantitative estimate of drug-likeness (QED) is 0.475. The van der Waals surface area contributed by atoms with Crippen molar-refractivity contribution in [1.82, 2.24) is 10.3 Å². The minimum Gasteiger partial charge on any atom is -0.350 e. The average molecular weight is 463 g/mol. The van der Waals surface area contributed by atoms with Gasteiger partial charge in [-0.3, -0.25) is 4.79 Å². The molecule has 3 unspecified atom stereocenters. The number of amidine groups is 1. The lowest BCUT2D eigenvalue weighted by Crippen LogP contribution is -2.32. The molecule has 1 aromatic carbocycles. The number of carbonyl (C=O) groups is 1. The van der Waals surface area contributed by atoms with Crippen LogP contribution in [0.15, 0.2) is 40.4 Å². The van der Waals surface area contributed by atoms with Gasteiger partial charge in [0.15, 0.2) is 5.17 Å². The minimum absolute atomic E-state index is 0.0397. The van der Waals surface area contributed by atoms with Gasteiger partial charge in [0.25, 0.3) is 0 Å². The third kappa shape index (κ3) is 4.97. The van der Waals surface area contributed by atoms with Gasteiger partial charge in [0, 0.05) is 17.1 Å². The molecule has 0 fully saturated rings. The second kappa shape index (κ2) is 8.97. The van der Waals surface area contributed by atoms with Gasteiger partial charge in [0.05, 0.1) is 6.04 Å². The fourth-order valence-electron chi connectivity index (χ4n) is 3.18. The Morgan fingerprint density at radius 3 is 2.80 bits per heavy atom. The first-order chi connectivity index (χ1) is 14.1. The van der Waals surface area contributed by atoms with Crippen molar-refractivity contribution in [1.29, 1.82) is 0 Å². The number of carbonyl (C=O) groups excluding carboxylic acids is 1. The molecule has 162 valence electrons. The maximum atomic E-state index is 13.4. The molecule has 0 aliphatic carbocycles. The summed E-state index contributed by atoms with van der Waals surface area (Å²) in [5.74, 6) is -0.918. The molecule has 0 aromatic heterocycles. The van der Waals surface area contributed by atoms with E-state index in [1.54, 1.807) is 0 Å². The van der Waals surface area contributed by atoms with E-state index in [2.05, 4.69) is 15.4 Å². The van der Waals surface area contributed by atoms with Crippen molar-refractivity contribution >= 4 is 39.5 Å². The summed E-state index contributed by atoms with van der Waals surface area (Å²) in [7, 11) is 0. The molecule has 3 atom stereocenters. The normalized spacial score (nSPS) is 22.2. The number of aliphatic imine (C=N–C) groups is 1. The first-order valence-corrected chi connectivity index (χ1v) is 10.4. The van der Waals surface area contributed by atoms with E-state index in [-0.39, 0.29) is 22.1 Å². The summed E-state index contributed by atoms with van der Waals surface area (Å²) in [4.78, 5) is 16.5. The molecule has 11 heteroatoms. The number of nitrogens with zero attached hydrogens (tertiary/aromatic N) is 3. The van der Waals surface area contributed by atoms with E-state index in [1.807, 2.05) is 13.8 Å². The van der Waals surface area contributed by atoms with E-state index in [4.69, 9.17) is 11.6 Å². The Balaban J connectivity index is 1.89. The number of thioether (sulfide) groups is 1. The number of rotatable bonds is 6. The van der Waals surface area contributed by atoms with Crippen molar-refractivity contribution in [3.63, 3.8) is 0 Å². The van der Waals surface area contributed by atoms with Crippen molar-refractivity contribution in [3.8, 4) is 0 Å². The van der Waals surface area contributed by atoms with Crippen LogP contribution in [-0.4, -0.2) is 39.4 Å². The number of fused-ring (bicyclic) bond motifs is 1. The maximum Gasteiger partial charge on any atom is 0.441 e. The highest BCUT2D eigenvalue weighted by Gasteiger charge is 2.48. The number of alkyl halides is 3. The van der Waals surface area contributed by atoms with Crippen LogP contribution < -0.4 is 5.32 Å². The van der Waals surface area contributed by atoms with Crippen molar-refractivity contribution in [3.05, 3.63) is 46.8 Å². The van der Waals surface area contributed by atoms with Gasteiger partial charge in [-0.05, 0) is 42.8 Å². The van der Waals surface area contributed by atoms with Crippen LogP contribution in [-0.2, 0) is 4.79 Å². The van der Waals surface area contributed by atoms with Gasteiger partial charge < -0.3 is 5.32 Å². The summed E-state index contributed by atoms with van der Waals surface area (Å²) in [6.45, 7) is 3.86. The fraction of sp³-hybridized carbons (Fsp3) is 0.421. The van der Waals surface area contributed by atoms with E-state index in [0.717, 1.165) is 23.9 Å². The topological polar surface area (TPSA) is 57.1 Å². The first kappa shape index (κ1) is 22.6. The van der Waals surface area contributed by atoms with E-state index in [0.29, 0.717) is 17.3 Å². The number of hydrogen-bond acceptors (Lipinski definition) is 5. The van der Waals surface area contributed by atoms with Crippen molar-refractivity contribution < 1.29 is 22.4 Å². The van der Waals surface area contributed by atoms with Gasteiger partial charge in [-0.15, -0.1) is 0 Å². The summed E-state index contributed by atoms with van der Waals surface area (Å²) in [5, 5.41) is 6.66. The second-order valence-electron chi connectivity index (χ2n) is 6.92. The number of amides is 1. The third-order valence-corrected chi connectivity index (χ3v) is 5.83. The predicted octanol–water partition coefficient (Wildman–Crippen LogP) is 5.04. The zero-order chi connectivity index (χ0) is 22.1. The lowest BCUT2D eigenvalue weighted by molar-refractivity contribution is -0.117. The fourth-order valence-corrected chi connectivity index (χ4v) is 4.30. The molecule has 0 saturated heterocycles. The summed E-state index contributed by atoms with van der Waals surface area (Å²) < 4.78 is 52.7. The summed E-state index contributed by atoms with van der Waals surface area (Å²) in [6, 6.07) is 2.14. The van der Waals surface area contributed by atoms with E-state index in [9.17, 15) is 22.4 Å². The summed E-state index contributed by atoms with van der Waals surface area (Å²) >= 11 is 6.55. The number of hydrazone groups is 1. The predicted molar refractivity (Wildman–Crippen MR) is 110 cm³/mol. The zero-order valence-electron chi connectivity index (χ0n) is 16.1. The van der Waals surface area contributed by atoms with Gasteiger partial charge in [-0.25, -0.2) is 14.4 Å². The lowest BCUT2D eigenvalue weighted by atomic mass is 10.00. The van der Waals surface area contributed by atoms with Crippen LogP contribution >= 0.6 is 23.4 Å². The van der Waals surface area contributed by atoms with Crippen LogP contribution in [0.25, 0.3) is 0 Å². The monoisotopic (exact) mass is 462 g/mol. The lowest BCUT2D eigenvalue weighted by Gasteiger charge is -2.21. The van der Waals surface area contributed by atoms with Crippen LogP contribution in [0.1, 0.15) is 38.3 Å². The van der Waals surface area contributed by atoms with Gasteiger partial charge >= 0.3 is 6.18 Å². The van der Waals surface area contributed by atoms with Crippen molar-refractivity contribution in [2.24, 2.45) is 10.1 Å². The highest BCUT2D eigenvalue weighted by molar-refractivity contribution is 8.27. The van der Waals surface area contributed by atoms with Gasteiger partial charge in [-0.1, -0.05) is 37.1 Å². The molecule has 0 saturated carbocycles. The average Bonchev–Trinajstić information content (AvgIpc) is 3.18. The Hall–Kier alpha value is -2.07. The van der Waals surface area contributed by atoms with Crippen molar-refractivity contribution in [2.45, 2.75) is 51.0 Å². The molecule has 0 bridgehead atoms. The van der Waals surface area contributed by atoms with Crippen LogP contribution in [0.4, 0.5) is 17.6 Å². The first-order valence-electron chi connectivity index (χ1n) is 9.24. The summed E-state index contributed by atoms with van der Waals surface area (Å²) in [5.41, 5.74) is 0.429. The number of halogens is 5. The Kier molecular flexibility index (Phi) is 6.76. The highest BCUT2D eigenvalue weighted by atomic mass is 35.5. The Morgan fingerprint density at radius 2 is 2.17 bits per heavy atom. The molecular weight excluding hydrogens is 444 g/mol. The van der Waals surface area contributed by atoms with E-state index >= 15 is 0 Å². The molecule has 3 rings (SSSR count). The third-order valence-electron chi connectivity index (χ3n) is 4.52. The van der Waals surface area contributed by atoms with Gasteiger partial charge in [0.1, 0.15) is 11.9 Å². The molecule has 2 heterocycles. The number of benzene rings is 1. The van der Waals surface area contributed by atoms with Crippen LogP contribution in [0.2, 0.25) is 5.02 Å². The molecule has 30 heavy (non-hydrogen) atoms. The molecule has 2 aliphatic rings. The number of nitrogens with one attached hydrogen (secondary N) is 1. The molecule has 0 spiro atoms. The highest BCUT2D eigenvalue weighted by Crippen LogP contribution is 2.43. The second-order valence-corrected chi connectivity index (χ2v) is 8.28. The van der Waals surface area contributed by atoms with Gasteiger partial charge in [-0.2, -0.15) is 18.3 Å². The molecule has 2 aliphatic heterocycles. The van der Waals surface area contributed by atoms with Crippen LogP contribution in [0, 0.1) is 5.82 Å². The molecule has 0 radical (unpaired) electrons. The number of hydrogen-bond donors (Lipinski definition) is 1. The van der Waals surface area contributed by atoms with Crippen LogP contribution in [0.3, 0.4) is 0 Å². The SMILES string of the molecule is CCCC(C)NC(=O)/C=C/C1C(c2ccc(F)cc2Cl)N=C2SC(C(F)(F)F)=NN21. The minimum atomic E-state index is -4.61. The molecule has 1 N–H and O–H groups in total. The Morgan fingerprint density at radius 1 is 1.43 bits per heavy atom. The standard InChI is InChI=1S/C19H19ClF4N4OS/c1-3-4-10(2)25-15(29)8-7-14-16(12-6-5-11(21)9-13(12)20)26-18-28(14)27-17(30-18)19(22,23)24/h5-10,14,16H,3-4H2,1-2H3,(H,25,29)/b8-7+. The largest absolute Gasteiger partial charge is 0.441 e. The summed E-state index contributed by atoms with van der Waals surface area (Å²) in [6.07, 6.45) is -0.215. The molecular formula is C19H19ClF4N4OS. The Bertz CT molecular complexity index is 918. The van der Waals surface area contributed by atoms with E-state index in [1.165, 1.54) is 24.3 Å². The smallest absolute Gasteiger partial charge is 0.350 e.